The Morgan fingerprint density at radius 1 is 1.38 bits per heavy atom. The molecule has 2 N–H and O–H groups in total. The molecule has 1 saturated heterocycles. The number of carbonyl (C=O) groups is 1. The molecule has 1 atom stereocenters. The lowest BCUT2D eigenvalue weighted by atomic mass is 10.0. The highest BCUT2D eigenvalue weighted by Crippen LogP contribution is 2.21. The zero-order valence-corrected chi connectivity index (χ0v) is 13.6. The number of halogens is 2. The number of hydrogen-bond acceptors (Lipinski definition) is 2. The molecule has 2 rings (SSSR count). The Bertz CT molecular complexity index is 473. The van der Waals surface area contributed by atoms with E-state index in [1.807, 2.05) is 12.1 Å². The Morgan fingerprint density at radius 2 is 2.24 bits per heavy atom. The van der Waals surface area contributed by atoms with Gasteiger partial charge in [0.1, 0.15) is 0 Å². The van der Waals surface area contributed by atoms with Crippen LogP contribution < -0.4 is 10.6 Å². The van der Waals surface area contributed by atoms with Crippen molar-refractivity contribution in [3.63, 3.8) is 0 Å². The number of rotatable bonds is 7. The summed E-state index contributed by atoms with van der Waals surface area (Å²) in [6.07, 6.45) is 4.55. The van der Waals surface area contributed by atoms with Gasteiger partial charge in [-0.15, -0.1) is 0 Å². The van der Waals surface area contributed by atoms with Gasteiger partial charge in [-0.1, -0.05) is 29.3 Å². The third-order valence-corrected chi connectivity index (χ3v) is 4.49. The molecule has 1 amide bonds. The zero-order chi connectivity index (χ0) is 15.1. The summed E-state index contributed by atoms with van der Waals surface area (Å²) in [6.45, 7) is 2.84. The van der Waals surface area contributed by atoms with Crippen molar-refractivity contribution < 1.29 is 4.79 Å². The summed E-state index contributed by atoms with van der Waals surface area (Å²) in [5.41, 5.74) is 1.08. The Kier molecular flexibility index (Phi) is 6.81. The summed E-state index contributed by atoms with van der Waals surface area (Å²) in [5.74, 6) is 0.827. The van der Waals surface area contributed by atoms with E-state index in [2.05, 4.69) is 10.6 Å². The summed E-state index contributed by atoms with van der Waals surface area (Å²) in [5, 5.41) is 7.65. The van der Waals surface area contributed by atoms with Crippen LogP contribution in [-0.2, 0) is 11.2 Å². The lowest BCUT2D eigenvalue weighted by Crippen LogP contribution is -2.25. The van der Waals surface area contributed by atoms with Gasteiger partial charge in [-0.2, -0.15) is 0 Å². The van der Waals surface area contributed by atoms with Gasteiger partial charge in [-0.3, -0.25) is 4.79 Å². The molecule has 1 unspecified atom stereocenters. The van der Waals surface area contributed by atoms with Gasteiger partial charge in [0, 0.05) is 23.0 Å². The lowest BCUT2D eigenvalue weighted by molar-refractivity contribution is -0.121. The maximum Gasteiger partial charge on any atom is 0.220 e. The smallest absolute Gasteiger partial charge is 0.220 e. The van der Waals surface area contributed by atoms with Crippen molar-refractivity contribution >= 4 is 29.1 Å². The maximum atomic E-state index is 11.7. The topological polar surface area (TPSA) is 41.1 Å². The van der Waals surface area contributed by atoms with Crippen molar-refractivity contribution in [3.05, 3.63) is 33.8 Å². The second-order valence-electron chi connectivity index (χ2n) is 5.59. The highest BCUT2D eigenvalue weighted by Gasteiger charge is 2.15. The van der Waals surface area contributed by atoms with E-state index < -0.39 is 0 Å². The van der Waals surface area contributed by atoms with Crippen LogP contribution in [0.5, 0.6) is 0 Å². The fourth-order valence-corrected chi connectivity index (χ4v) is 3.12. The third-order valence-electron chi connectivity index (χ3n) is 3.90. The number of nitrogens with one attached hydrogen (secondary N) is 2. The molecular weight excluding hydrogens is 307 g/mol. The molecule has 3 nitrogen and oxygen atoms in total. The molecule has 1 aliphatic rings. The van der Waals surface area contributed by atoms with E-state index in [1.54, 1.807) is 6.07 Å². The Balaban J connectivity index is 1.59. The van der Waals surface area contributed by atoms with E-state index >= 15 is 0 Å². The van der Waals surface area contributed by atoms with E-state index in [-0.39, 0.29) is 5.91 Å². The molecule has 5 heteroatoms. The summed E-state index contributed by atoms with van der Waals surface area (Å²) >= 11 is 12.0. The predicted molar refractivity (Wildman–Crippen MR) is 88.0 cm³/mol. The van der Waals surface area contributed by atoms with Crippen LogP contribution >= 0.6 is 23.2 Å². The normalized spacial score (nSPS) is 17.9. The first kappa shape index (κ1) is 16.6. The minimum atomic E-state index is 0.157. The van der Waals surface area contributed by atoms with Crippen LogP contribution in [0.4, 0.5) is 0 Å². The Morgan fingerprint density at radius 3 is 2.95 bits per heavy atom. The first-order chi connectivity index (χ1) is 10.1. The molecule has 1 heterocycles. The largest absolute Gasteiger partial charge is 0.356 e. The second-order valence-corrected chi connectivity index (χ2v) is 6.43. The van der Waals surface area contributed by atoms with Crippen LogP contribution in [-0.4, -0.2) is 25.5 Å². The van der Waals surface area contributed by atoms with Crippen molar-refractivity contribution in [3.8, 4) is 0 Å². The van der Waals surface area contributed by atoms with Gasteiger partial charge in [0.15, 0.2) is 0 Å². The van der Waals surface area contributed by atoms with Crippen LogP contribution in [0.15, 0.2) is 18.2 Å². The standard InChI is InChI=1S/C16H22Cl2N2O/c17-14-5-4-13(15(18)10-14)2-1-8-20-16(21)6-3-12-7-9-19-11-12/h4-5,10,12,19H,1-3,6-9,11H2,(H,20,21). The Labute approximate surface area is 136 Å². The second kappa shape index (κ2) is 8.62. The molecule has 0 spiro atoms. The number of amides is 1. The van der Waals surface area contributed by atoms with Crippen molar-refractivity contribution in [2.24, 2.45) is 5.92 Å². The molecule has 0 bridgehead atoms. The van der Waals surface area contributed by atoms with Crippen molar-refractivity contribution in [2.45, 2.75) is 32.1 Å². The van der Waals surface area contributed by atoms with Crippen LogP contribution in [0.1, 0.15) is 31.2 Å². The molecule has 116 valence electrons. The summed E-state index contributed by atoms with van der Waals surface area (Å²) in [7, 11) is 0. The summed E-state index contributed by atoms with van der Waals surface area (Å²) in [6, 6.07) is 5.54. The molecule has 0 saturated carbocycles. The lowest BCUT2D eigenvalue weighted by Gasteiger charge is -2.09. The van der Waals surface area contributed by atoms with Crippen molar-refractivity contribution in [1.29, 1.82) is 0 Å². The molecule has 0 radical (unpaired) electrons. The average molecular weight is 329 g/mol. The molecule has 21 heavy (non-hydrogen) atoms. The molecule has 1 aromatic rings. The highest BCUT2D eigenvalue weighted by molar-refractivity contribution is 6.35. The minimum Gasteiger partial charge on any atom is -0.356 e. The molecule has 0 aromatic heterocycles. The SMILES string of the molecule is O=C(CCC1CCNC1)NCCCc1ccc(Cl)cc1Cl. The van der Waals surface area contributed by atoms with Gasteiger partial charge >= 0.3 is 0 Å². The maximum absolute atomic E-state index is 11.7. The van der Waals surface area contributed by atoms with Crippen LogP contribution in [0.3, 0.4) is 0 Å². The first-order valence-corrected chi connectivity index (χ1v) is 8.32. The zero-order valence-electron chi connectivity index (χ0n) is 12.1. The fourth-order valence-electron chi connectivity index (χ4n) is 2.62. The molecule has 0 aliphatic carbocycles. The fraction of sp³-hybridized carbons (Fsp3) is 0.562. The summed E-state index contributed by atoms with van der Waals surface area (Å²) < 4.78 is 0. The monoisotopic (exact) mass is 328 g/mol. The molecule has 1 aliphatic heterocycles. The van der Waals surface area contributed by atoms with Crippen molar-refractivity contribution in [2.75, 3.05) is 19.6 Å². The molecule has 1 aromatic carbocycles. The van der Waals surface area contributed by atoms with E-state index in [4.69, 9.17) is 23.2 Å². The van der Waals surface area contributed by atoms with Gasteiger partial charge in [-0.25, -0.2) is 0 Å². The van der Waals surface area contributed by atoms with Crippen LogP contribution in [0, 0.1) is 5.92 Å². The van der Waals surface area contributed by atoms with Crippen LogP contribution in [0.25, 0.3) is 0 Å². The number of hydrogen-bond donors (Lipinski definition) is 2. The van der Waals surface area contributed by atoms with Gasteiger partial charge in [0.2, 0.25) is 5.91 Å². The van der Waals surface area contributed by atoms with Gasteiger partial charge in [-0.05, 0) is 62.4 Å². The number of aryl methyl sites for hydroxylation is 1. The van der Waals surface area contributed by atoms with Gasteiger partial charge in [0.25, 0.3) is 0 Å². The highest BCUT2D eigenvalue weighted by atomic mass is 35.5. The first-order valence-electron chi connectivity index (χ1n) is 7.56. The number of benzene rings is 1. The van der Waals surface area contributed by atoms with Crippen molar-refractivity contribution in [1.82, 2.24) is 10.6 Å². The quantitative estimate of drug-likeness (QED) is 0.753. The Hall–Kier alpha value is -0.770. The number of carbonyl (C=O) groups excluding carboxylic acids is 1. The molecular formula is C16H22Cl2N2O. The molecule has 1 fully saturated rings. The third kappa shape index (κ3) is 5.85. The van der Waals surface area contributed by atoms with Gasteiger partial charge < -0.3 is 10.6 Å². The van der Waals surface area contributed by atoms with E-state index in [0.29, 0.717) is 28.9 Å². The predicted octanol–water partition coefficient (Wildman–Crippen LogP) is 3.43. The van der Waals surface area contributed by atoms with Gasteiger partial charge in [0.05, 0.1) is 0 Å². The van der Waals surface area contributed by atoms with E-state index in [9.17, 15) is 4.79 Å². The van der Waals surface area contributed by atoms with E-state index in [1.165, 1.54) is 6.42 Å². The van der Waals surface area contributed by atoms with E-state index in [0.717, 1.165) is 37.9 Å². The average Bonchev–Trinajstić information content (AvgIpc) is 2.96. The minimum absolute atomic E-state index is 0.157. The van der Waals surface area contributed by atoms with Crippen LogP contribution in [0.2, 0.25) is 10.0 Å². The summed E-state index contributed by atoms with van der Waals surface area (Å²) in [4.78, 5) is 11.7.